The third-order valence-corrected chi connectivity index (χ3v) is 2.80. The van der Waals surface area contributed by atoms with Crippen molar-refractivity contribution in [3.05, 3.63) is 18.2 Å². The Morgan fingerprint density at radius 2 is 2.22 bits per heavy atom. The van der Waals surface area contributed by atoms with Crippen molar-refractivity contribution in [3.63, 3.8) is 0 Å². The van der Waals surface area contributed by atoms with E-state index in [0.29, 0.717) is 25.4 Å². The highest BCUT2D eigenvalue weighted by atomic mass is 16.3. The van der Waals surface area contributed by atoms with Crippen molar-refractivity contribution < 1.29 is 9.90 Å². The Morgan fingerprint density at radius 3 is 2.83 bits per heavy atom. The quantitative estimate of drug-likeness (QED) is 0.766. The van der Waals surface area contributed by atoms with Crippen LogP contribution in [-0.2, 0) is 11.3 Å². The SMILES string of the molecule is CC(CO)CNC(=O)CCn1ccnc1C(C)C. The molecule has 1 amide bonds. The molecule has 0 fully saturated rings. The van der Waals surface area contributed by atoms with Crippen molar-refractivity contribution in [1.29, 1.82) is 0 Å². The minimum atomic E-state index is 0.0127. The predicted octanol–water partition coefficient (Wildman–Crippen LogP) is 1.14. The molecule has 1 rings (SSSR count). The number of rotatable bonds is 7. The first-order valence-corrected chi connectivity index (χ1v) is 6.43. The molecule has 1 unspecified atom stereocenters. The molecule has 0 aromatic carbocycles. The smallest absolute Gasteiger partial charge is 0.221 e. The molecule has 1 heterocycles. The Hall–Kier alpha value is -1.36. The number of carbonyl (C=O) groups excluding carboxylic acids is 1. The van der Waals surface area contributed by atoms with E-state index in [1.807, 2.05) is 17.7 Å². The van der Waals surface area contributed by atoms with Crippen molar-refractivity contribution in [2.24, 2.45) is 5.92 Å². The van der Waals surface area contributed by atoms with Gasteiger partial charge in [-0.25, -0.2) is 4.98 Å². The van der Waals surface area contributed by atoms with Crippen LogP contribution >= 0.6 is 0 Å². The van der Waals surface area contributed by atoms with E-state index in [4.69, 9.17) is 5.11 Å². The maximum absolute atomic E-state index is 11.6. The molecule has 5 heteroatoms. The Balaban J connectivity index is 2.36. The number of aromatic nitrogens is 2. The number of nitrogens with one attached hydrogen (secondary N) is 1. The van der Waals surface area contributed by atoms with E-state index in [9.17, 15) is 4.79 Å². The lowest BCUT2D eigenvalue weighted by atomic mass is 10.2. The van der Waals surface area contributed by atoms with Gasteiger partial charge in [0.2, 0.25) is 5.91 Å². The molecule has 5 nitrogen and oxygen atoms in total. The number of aliphatic hydroxyl groups is 1. The van der Waals surface area contributed by atoms with Gasteiger partial charge in [-0.05, 0) is 5.92 Å². The predicted molar refractivity (Wildman–Crippen MR) is 70.2 cm³/mol. The maximum atomic E-state index is 11.6. The van der Waals surface area contributed by atoms with Crippen molar-refractivity contribution in [3.8, 4) is 0 Å². The largest absolute Gasteiger partial charge is 0.396 e. The second kappa shape index (κ2) is 7.16. The first-order valence-electron chi connectivity index (χ1n) is 6.43. The molecule has 18 heavy (non-hydrogen) atoms. The fourth-order valence-corrected chi connectivity index (χ4v) is 1.67. The second-order valence-electron chi connectivity index (χ2n) is 4.98. The minimum absolute atomic E-state index is 0.0127. The van der Waals surface area contributed by atoms with Gasteiger partial charge in [-0.1, -0.05) is 20.8 Å². The monoisotopic (exact) mass is 253 g/mol. The van der Waals surface area contributed by atoms with E-state index in [1.54, 1.807) is 6.20 Å². The summed E-state index contributed by atoms with van der Waals surface area (Å²) in [5.74, 6) is 1.48. The highest BCUT2D eigenvalue weighted by molar-refractivity contribution is 5.75. The van der Waals surface area contributed by atoms with Gasteiger partial charge in [0.1, 0.15) is 5.82 Å². The fourth-order valence-electron chi connectivity index (χ4n) is 1.67. The van der Waals surface area contributed by atoms with Crippen molar-refractivity contribution >= 4 is 5.91 Å². The molecule has 0 aliphatic carbocycles. The molecule has 0 saturated carbocycles. The molecule has 2 N–H and O–H groups in total. The van der Waals surface area contributed by atoms with E-state index in [2.05, 4.69) is 24.1 Å². The van der Waals surface area contributed by atoms with Crippen LogP contribution < -0.4 is 5.32 Å². The van der Waals surface area contributed by atoms with Gasteiger partial charge in [0.25, 0.3) is 0 Å². The lowest BCUT2D eigenvalue weighted by Gasteiger charge is -2.12. The first kappa shape index (κ1) is 14.7. The van der Waals surface area contributed by atoms with Crippen molar-refractivity contribution in [1.82, 2.24) is 14.9 Å². The van der Waals surface area contributed by atoms with Crippen LogP contribution in [0, 0.1) is 5.92 Å². The number of aryl methyl sites for hydroxylation is 1. The van der Waals surface area contributed by atoms with Crippen LogP contribution in [0.1, 0.15) is 38.9 Å². The summed E-state index contributed by atoms with van der Waals surface area (Å²) in [7, 11) is 0. The number of imidazole rings is 1. The number of nitrogens with zero attached hydrogens (tertiary/aromatic N) is 2. The second-order valence-corrected chi connectivity index (χ2v) is 4.98. The molecule has 0 aliphatic heterocycles. The highest BCUT2D eigenvalue weighted by Gasteiger charge is 2.09. The Labute approximate surface area is 108 Å². The van der Waals surface area contributed by atoms with Gasteiger partial charge in [0, 0.05) is 44.4 Å². The zero-order chi connectivity index (χ0) is 13.5. The molecular formula is C13H23N3O2. The average Bonchev–Trinajstić information content (AvgIpc) is 2.81. The molecule has 1 atom stereocenters. The number of carbonyl (C=O) groups is 1. The van der Waals surface area contributed by atoms with Gasteiger partial charge in [0.15, 0.2) is 0 Å². The summed E-state index contributed by atoms with van der Waals surface area (Å²) in [6.45, 7) is 7.33. The van der Waals surface area contributed by atoms with Crippen LogP contribution in [-0.4, -0.2) is 33.7 Å². The molecule has 1 aromatic heterocycles. The summed E-state index contributed by atoms with van der Waals surface area (Å²) < 4.78 is 2.01. The molecule has 0 radical (unpaired) electrons. The summed E-state index contributed by atoms with van der Waals surface area (Å²) >= 11 is 0. The third kappa shape index (κ3) is 4.49. The van der Waals surface area contributed by atoms with Crippen LogP contribution in [0.15, 0.2) is 12.4 Å². The Bertz CT molecular complexity index is 374. The number of hydrogen-bond acceptors (Lipinski definition) is 3. The molecule has 1 aromatic rings. The van der Waals surface area contributed by atoms with E-state index in [-0.39, 0.29) is 18.4 Å². The van der Waals surface area contributed by atoms with Crippen LogP contribution in [0.25, 0.3) is 0 Å². The van der Waals surface area contributed by atoms with Gasteiger partial charge in [-0.3, -0.25) is 4.79 Å². The zero-order valence-electron chi connectivity index (χ0n) is 11.4. The van der Waals surface area contributed by atoms with Crippen LogP contribution in [0.3, 0.4) is 0 Å². The normalized spacial score (nSPS) is 12.7. The third-order valence-electron chi connectivity index (χ3n) is 2.80. The van der Waals surface area contributed by atoms with Gasteiger partial charge >= 0.3 is 0 Å². The van der Waals surface area contributed by atoms with E-state index in [1.165, 1.54) is 0 Å². The molecule has 0 bridgehead atoms. The Kier molecular flexibility index (Phi) is 5.85. The first-order chi connectivity index (χ1) is 8.54. The summed E-state index contributed by atoms with van der Waals surface area (Å²) in [5.41, 5.74) is 0. The number of amides is 1. The van der Waals surface area contributed by atoms with Crippen molar-refractivity contribution in [2.45, 2.75) is 39.7 Å². The molecule has 102 valence electrons. The Morgan fingerprint density at radius 1 is 1.50 bits per heavy atom. The highest BCUT2D eigenvalue weighted by Crippen LogP contribution is 2.11. The summed E-state index contributed by atoms with van der Waals surface area (Å²) in [6, 6.07) is 0. The van der Waals surface area contributed by atoms with Crippen molar-refractivity contribution in [2.75, 3.05) is 13.2 Å². The van der Waals surface area contributed by atoms with Gasteiger partial charge in [-0.2, -0.15) is 0 Å². The van der Waals surface area contributed by atoms with Gasteiger partial charge in [-0.15, -0.1) is 0 Å². The molecule has 0 saturated heterocycles. The van der Waals surface area contributed by atoms with E-state index < -0.39 is 0 Å². The lowest BCUT2D eigenvalue weighted by molar-refractivity contribution is -0.121. The fraction of sp³-hybridized carbons (Fsp3) is 0.692. The lowest BCUT2D eigenvalue weighted by Crippen LogP contribution is -2.30. The minimum Gasteiger partial charge on any atom is -0.396 e. The van der Waals surface area contributed by atoms with E-state index in [0.717, 1.165) is 5.82 Å². The topological polar surface area (TPSA) is 67.2 Å². The number of aliphatic hydroxyl groups excluding tert-OH is 1. The standard InChI is InChI=1S/C13H23N3O2/c1-10(2)13-14-5-7-16(13)6-4-12(18)15-8-11(3)9-17/h5,7,10-11,17H,4,6,8-9H2,1-3H3,(H,15,18). The van der Waals surface area contributed by atoms with Crippen LogP contribution in [0.5, 0.6) is 0 Å². The van der Waals surface area contributed by atoms with E-state index >= 15 is 0 Å². The summed E-state index contributed by atoms with van der Waals surface area (Å²) in [5, 5.41) is 11.7. The van der Waals surface area contributed by atoms with Gasteiger partial charge in [0.05, 0.1) is 0 Å². The van der Waals surface area contributed by atoms with Gasteiger partial charge < -0.3 is 15.0 Å². The summed E-state index contributed by atoms with van der Waals surface area (Å²) in [6.07, 6.45) is 4.11. The number of hydrogen-bond donors (Lipinski definition) is 2. The average molecular weight is 253 g/mol. The van der Waals surface area contributed by atoms with Crippen LogP contribution in [0.2, 0.25) is 0 Å². The maximum Gasteiger partial charge on any atom is 0.221 e. The molecule has 0 spiro atoms. The molecular weight excluding hydrogens is 230 g/mol. The molecule has 0 aliphatic rings. The van der Waals surface area contributed by atoms with Crippen LogP contribution in [0.4, 0.5) is 0 Å². The summed E-state index contributed by atoms with van der Waals surface area (Å²) in [4.78, 5) is 15.9. The zero-order valence-corrected chi connectivity index (χ0v) is 11.4.